The molecule has 244 valence electrons. The third-order valence-electron chi connectivity index (χ3n) is 7.74. The third kappa shape index (κ3) is 9.52. The molecule has 4 N–H and O–H groups in total. The fourth-order valence-electron chi connectivity index (χ4n) is 5.18. The van der Waals surface area contributed by atoms with Gasteiger partial charge in [0.05, 0.1) is 24.5 Å². The number of carbonyl (C=O) groups is 2. The number of ketones is 1. The first-order valence-corrected chi connectivity index (χ1v) is 15.7. The number of aliphatic hydroxyl groups is 1. The Morgan fingerprint density at radius 2 is 1.47 bits per heavy atom. The average Bonchev–Trinajstić information content (AvgIpc) is 3.02. The maximum atomic E-state index is 14.3. The number of hydrogen-bond acceptors (Lipinski definition) is 7. The van der Waals surface area contributed by atoms with Crippen molar-refractivity contribution >= 4 is 27.6 Å². The lowest BCUT2D eigenvalue weighted by Crippen LogP contribution is -2.46. The maximum absolute atomic E-state index is 14.3. The minimum atomic E-state index is -4.77. The number of ether oxygens (including phenoxy) is 1. The lowest BCUT2D eigenvalue weighted by molar-refractivity contribution is -0.181. The summed E-state index contributed by atoms with van der Waals surface area (Å²) in [5.74, 6) is -3.74. The third-order valence-corrected chi connectivity index (χ3v) is 9.66. The molecule has 0 aliphatic rings. The molecule has 0 spiro atoms. The number of rotatable bonds is 15. The number of aliphatic hydroxyl groups excluding tert-OH is 1. The zero-order chi connectivity index (χ0) is 33.2. The van der Waals surface area contributed by atoms with E-state index in [4.69, 9.17) is 10.5 Å². The van der Waals surface area contributed by atoms with E-state index in [1.54, 1.807) is 60.7 Å². The summed E-state index contributed by atoms with van der Waals surface area (Å²) in [5, 5.41) is 12.4. The van der Waals surface area contributed by atoms with Crippen LogP contribution in [0.3, 0.4) is 0 Å². The van der Waals surface area contributed by atoms with Crippen molar-refractivity contribution in [3.05, 3.63) is 96.1 Å². The number of alkyl halides is 3. The summed E-state index contributed by atoms with van der Waals surface area (Å²) in [7, 11) is -1.72. The molecular weight excluding hydrogens is 611 g/mol. The van der Waals surface area contributed by atoms with Crippen molar-refractivity contribution in [1.82, 2.24) is 9.62 Å². The van der Waals surface area contributed by atoms with E-state index in [9.17, 15) is 36.3 Å². The van der Waals surface area contributed by atoms with Crippen LogP contribution in [0.5, 0.6) is 0 Å². The van der Waals surface area contributed by atoms with E-state index in [1.165, 1.54) is 31.3 Å². The van der Waals surface area contributed by atoms with Gasteiger partial charge in [0, 0.05) is 31.1 Å². The molecule has 9 nitrogen and oxygen atoms in total. The number of nitrogen functional groups attached to an aromatic ring is 1. The maximum Gasteiger partial charge on any atom is 0.407 e. The number of nitrogens with zero attached hydrogens (tertiary/aromatic N) is 1. The van der Waals surface area contributed by atoms with Gasteiger partial charge < -0.3 is 20.9 Å². The lowest BCUT2D eigenvalue weighted by Gasteiger charge is -2.30. The Labute approximate surface area is 261 Å². The van der Waals surface area contributed by atoms with Gasteiger partial charge in [0.15, 0.2) is 5.78 Å². The molecule has 0 heterocycles. The van der Waals surface area contributed by atoms with Gasteiger partial charge in [-0.2, -0.15) is 17.5 Å². The van der Waals surface area contributed by atoms with E-state index in [0.29, 0.717) is 16.8 Å². The number of benzene rings is 3. The molecule has 1 amide bonds. The van der Waals surface area contributed by atoms with Crippen molar-refractivity contribution in [2.45, 2.75) is 54.8 Å². The predicted octanol–water partition coefficient (Wildman–Crippen LogP) is 5.11. The van der Waals surface area contributed by atoms with Gasteiger partial charge in [0.1, 0.15) is 6.04 Å². The Morgan fingerprint density at radius 3 is 1.93 bits per heavy atom. The molecule has 0 bridgehead atoms. The quantitative estimate of drug-likeness (QED) is 0.194. The van der Waals surface area contributed by atoms with Crippen LogP contribution in [0, 0.1) is 5.92 Å². The van der Waals surface area contributed by atoms with Crippen LogP contribution in [0.1, 0.15) is 42.7 Å². The van der Waals surface area contributed by atoms with Gasteiger partial charge >= 0.3 is 12.3 Å². The number of nitrogens with one attached hydrogen (secondary N) is 1. The number of sulfonamides is 1. The first-order chi connectivity index (χ1) is 21.3. The van der Waals surface area contributed by atoms with E-state index in [2.05, 4.69) is 5.32 Å². The summed E-state index contributed by atoms with van der Waals surface area (Å²) in [5.41, 5.74) is 7.20. The highest BCUT2D eigenvalue weighted by Gasteiger charge is 2.43. The van der Waals surface area contributed by atoms with Crippen molar-refractivity contribution in [3.63, 3.8) is 0 Å². The zero-order valence-electron chi connectivity index (χ0n) is 25.0. The molecule has 0 unspecified atom stereocenters. The van der Waals surface area contributed by atoms with Crippen molar-refractivity contribution in [2.24, 2.45) is 5.92 Å². The Bertz CT molecular complexity index is 1450. The minimum absolute atomic E-state index is 0.0769. The summed E-state index contributed by atoms with van der Waals surface area (Å²) in [6.45, 7) is -0.624. The molecule has 0 aliphatic heterocycles. The molecule has 0 radical (unpaired) electrons. The highest BCUT2D eigenvalue weighted by Crippen LogP contribution is 2.36. The zero-order valence-corrected chi connectivity index (χ0v) is 25.8. The van der Waals surface area contributed by atoms with Gasteiger partial charge in [0.2, 0.25) is 10.0 Å². The number of Topliss-reactive ketones (excluding diaryl/α,β-unsaturated/α-hetero) is 1. The number of amides is 1. The molecule has 0 saturated heterocycles. The average molecular weight is 650 g/mol. The number of carbonyl (C=O) groups excluding carboxylic acids is 2. The van der Waals surface area contributed by atoms with Gasteiger partial charge in [-0.3, -0.25) is 4.79 Å². The number of likely N-dealkylation sites (N-methyl/N-ethyl adjacent to an activating group) is 1. The van der Waals surface area contributed by atoms with E-state index in [0.717, 1.165) is 11.4 Å². The van der Waals surface area contributed by atoms with Crippen molar-refractivity contribution in [2.75, 3.05) is 26.5 Å². The summed E-state index contributed by atoms with van der Waals surface area (Å²) in [4.78, 5) is 26.0. The van der Waals surface area contributed by atoms with Crippen LogP contribution >= 0.6 is 0 Å². The number of halogens is 3. The number of alkyl carbamates (subject to hydrolysis) is 1. The SMILES string of the molecule is COC(=O)N[C@H](C(=O)C[C@H](CCC[C@@H](CO)N(C)S(=O)(=O)c1ccc(N)cc1)C(F)(F)F)C(c1ccccc1)c1ccccc1. The first-order valence-electron chi connectivity index (χ1n) is 14.3. The van der Waals surface area contributed by atoms with Crippen molar-refractivity contribution in [3.8, 4) is 0 Å². The molecule has 0 saturated carbocycles. The Kier molecular flexibility index (Phi) is 12.5. The summed E-state index contributed by atoms with van der Waals surface area (Å²) in [6, 6.07) is 20.4. The molecule has 0 aromatic heterocycles. The van der Waals surface area contributed by atoms with Crippen molar-refractivity contribution in [1.29, 1.82) is 0 Å². The van der Waals surface area contributed by atoms with E-state index in [-0.39, 0.29) is 17.7 Å². The topological polar surface area (TPSA) is 139 Å². The number of hydrogen-bond donors (Lipinski definition) is 3. The van der Waals surface area contributed by atoms with Crippen molar-refractivity contribution < 1.29 is 41.0 Å². The normalized spacial score (nSPS) is 14.1. The fraction of sp³-hybridized carbons (Fsp3) is 0.375. The highest BCUT2D eigenvalue weighted by molar-refractivity contribution is 7.89. The van der Waals surface area contributed by atoms with Crippen LogP contribution in [0.2, 0.25) is 0 Å². The highest BCUT2D eigenvalue weighted by atomic mass is 32.2. The molecule has 0 fully saturated rings. The second-order valence-corrected chi connectivity index (χ2v) is 12.7. The first kappa shape index (κ1) is 35.5. The second-order valence-electron chi connectivity index (χ2n) is 10.7. The smallest absolute Gasteiger partial charge is 0.407 e. The lowest BCUT2D eigenvalue weighted by atomic mass is 9.80. The molecule has 0 aliphatic carbocycles. The standard InChI is InChI=1S/C32H38F3N3O6S/c1-38(45(42,43)27-18-16-25(36)17-19-27)26(21-39)15-9-14-24(32(33,34)35)20-28(40)30(37-31(41)44-2)29(22-10-5-3-6-11-22)23-12-7-4-8-13-23/h3-8,10-13,16-19,24,26,29-30,39H,9,14-15,20-21,36H2,1-2H3,(H,37,41)/t24-,26-,30+/m0/s1. The molecule has 3 aromatic carbocycles. The summed E-state index contributed by atoms with van der Waals surface area (Å²) < 4.78 is 74.6. The molecule has 45 heavy (non-hydrogen) atoms. The van der Waals surface area contributed by atoms with Gasteiger partial charge in [-0.15, -0.1) is 0 Å². The van der Waals surface area contributed by atoms with E-state index < -0.39 is 71.4 Å². The Balaban J connectivity index is 1.82. The van der Waals surface area contributed by atoms with Gasteiger partial charge in [-0.1, -0.05) is 67.1 Å². The van der Waals surface area contributed by atoms with Crippen LogP contribution < -0.4 is 11.1 Å². The summed E-state index contributed by atoms with van der Waals surface area (Å²) in [6.07, 6.45) is -7.41. The largest absolute Gasteiger partial charge is 0.453 e. The number of nitrogens with two attached hydrogens (primary N) is 1. The van der Waals surface area contributed by atoms with Gasteiger partial charge in [-0.05, 0) is 48.2 Å². The second kappa shape index (κ2) is 15.9. The fourth-order valence-corrected chi connectivity index (χ4v) is 6.55. The van der Waals surface area contributed by atoms with Crippen LogP contribution in [0.15, 0.2) is 89.8 Å². The molecule has 3 rings (SSSR count). The van der Waals surface area contributed by atoms with E-state index in [1.807, 2.05) is 0 Å². The Hall–Kier alpha value is -3.94. The molecular formula is C32H38F3N3O6S. The molecule has 3 aromatic rings. The van der Waals surface area contributed by atoms with Gasteiger partial charge in [0.25, 0.3) is 0 Å². The number of anilines is 1. The molecule has 13 heteroatoms. The Morgan fingerprint density at radius 1 is 0.933 bits per heavy atom. The summed E-state index contributed by atoms with van der Waals surface area (Å²) >= 11 is 0. The van der Waals surface area contributed by atoms with Crippen LogP contribution in [-0.4, -0.2) is 68.7 Å². The number of methoxy groups -OCH3 is 1. The predicted molar refractivity (Wildman–Crippen MR) is 164 cm³/mol. The van der Waals surface area contributed by atoms with Crippen LogP contribution in [0.4, 0.5) is 23.7 Å². The van der Waals surface area contributed by atoms with Crippen LogP contribution in [0.25, 0.3) is 0 Å². The monoisotopic (exact) mass is 649 g/mol. The van der Waals surface area contributed by atoms with Gasteiger partial charge in [-0.25, -0.2) is 13.2 Å². The molecule has 3 atom stereocenters. The van der Waals surface area contributed by atoms with Crippen LogP contribution in [-0.2, 0) is 19.6 Å². The minimum Gasteiger partial charge on any atom is -0.453 e. The van der Waals surface area contributed by atoms with E-state index >= 15 is 0 Å².